The number of hydrogen-bond donors (Lipinski definition) is 2. The van der Waals surface area contributed by atoms with Gasteiger partial charge < -0.3 is 20.0 Å². The monoisotopic (exact) mass is 514 g/mol. The first-order valence-electron chi connectivity index (χ1n) is 9.20. The van der Waals surface area contributed by atoms with E-state index >= 15 is 0 Å². The molecule has 0 aliphatic carbocycles. The number of guanidine groups is 1. The highest BCUT2D eigenvalue weighted by molar-refractivity contribution is 14.0. The van der Waals surface area contributed by atoms with Crippen molar-refractivity contribution in [3.05, 3.63) is 54.0 Å². The summed E-state index contributed by atoms with van der Waals surface area (Å²) in [4.78, 5) is 18.9. The Labute approximate surface area is 187 Å². The van der Waals surface area contributed by atoms with Crippen LogP contribution in [0.5, 0.6) is 0 Å². The first-order chi connectivity index (χ1) is 13.2. The number of nitrogens with zero attached hydrogens (tertiary/aromatic N) is 2. The Kier molecular flexibility index (Phi) is 9.17. The lowest BCUT2D eigenvalue weighted by molar-refractivity contribution is 0.0996. The van der Waals surface area contributed by atoms with Crippen LogP contribution >= 0.6 is 35.7 Å². The molecule has 152 valence electrons. The molecule has 1 aliphatic rings. The molecule has 1 aromatic carbocycles. The fraction of sp³-hybridized carbons (Fsp3) is 0.400. The van der Waals surface area contributed by atoms with Crippen molar-refractivity contribution in [2.24, 2.45) is 4.99 Å². The number of nitrogens with one attached hydrogen (secondary N) is 2. The normalized spacial score (nSPS) is 17.0. The van der Waals surface area contributed by atoms with Crippen LogP contribution in [0.3, 0.4) is 0 Å². The molecule has 6 nitrogen and oxygen atoms in total. The van der Waals surface area contributed by atoms with Crippen LogP contribution in [-0.4, -0.2) is 47.9 Å². The number of halogens is 1. The molecule has 0 radical (unpaired) electrons. The number of hydrogen-bond acceptors (Lipinski definition) is 4. The van der Waals surface area contributed by atoms with E-state index in [2.05, 4.69) is 27.4 Å². The fourth-order valence-corrected chi connectivity index (χ4v) is 4.21. The minimum absolute atomic E-state index is 0. The molecule has 2 aromatic rings. The van der Waals surface area contributed by atoms with E-state index in [9.17, 15) is 4.79 Å². The van der Waals surface area contributed by atoms with Crippen LogP contribution in [0.2, 0.25) is 0 Å². The van der Waals surface area contributed by atoms with E-state index in [4.69, 9.17) is 4.42 Å². The second kappa shape index (κ2) is 11.4. The molecular weight excluding hydrogens is 487 g/mol. The lowest BCUT2D eigenvalue weighted by Crippen LogP contribution is -2.47. The zero-order chi connectivity index (χ0) is 19.1. The summed E-state index contributed by atoms with van der Waals surface area (Å²) in [7, 11) is 1.82. The van der Waals surface area contributed by atoms with Gasteiger partial charge in [0.2, 0.25) is 0 Å². The van der Waals surface area contributed by atoms with E-state index in [1.807, 2.05) is 43.1 Å². The van der Waals surface area contributed by atoms with E-state index in [1.54, 1.807) is 12.1 Å². The lowest BCUT2D eigenvalue weighted by Gasteiger charge is -2.34. The third kappa shape index (κ3) is 6.16. The second-order valence-corrected chi connectivity index (χ2v) is 7.79. The van der Waals surface area contributed by atoms with Gasteiger partial charge in [0.1, 0.15) is 0 Å². The van der Waals surface area contributed by atoms with E-state index < -0.39 is 0 Å². The maximum atomic E-state index is 12.1. The molecule has 0 saturated carbocycles. The minimum atomic E-state index is -0.252. The van der Waals surface area contributed by atoms with Crippen LogP contribution in [-0.2, 0) is 6.54 Å². The standard InChI is InChI=1S/C20H26N4O2S.HI/c1-3-17-14-24(9-11-27-17)20(21-2)22-13-15-6-4-7-16(12-15)23-19(25)18-8-5-10-26-18;/h4-8,10,12,17H,3,9,11,13-14H2,1-2H3,(H,21,22)(H,23,25);1H. The number of rotatable bonds is 5. The molecular formula is C20H27IN4O2S. The van der Waals surface area contributed by atoms with Crippen LogP contribution in [0.4, 0.5) is 5.69 Å². The third-order valence-corrected chi connectivity index (χ3v) is 5.86. The maximum absolute atomic E-state index is 12.1. The van der Waals surface area contributed by atoms with Crippen LogP contribution in [0, 0.1) is 0 Å². The van der Waals surface area contributed by atoms with Crippen molar-refractivity contribution in [3.63, 3.8) is 0 Å². The van der Waals surface area contributed by atoms with Crippen LogP contribution in [0.25, 0.3) is 0 Å². The van der Waals surface area contributed by atoms with Crippen molar-refractivity contribution in [3.8, 4) is 0 Å². The summed E-state index contributed by atoms with van der Waals surface area (Å²) in [5.74, 6) is 2.11. The Hall–Kier alpha value is -1.68. The van der Waals surface area contributed by atoms with Gasteiger partial charge in [-0.15, -0.1) is 24.0 Å². The molecule has 28 heavy (non-hydrogen) atoms. The molecule has 1 atom stereocenters. The highest BCUT2D eigenvalue weighted by Crippen LogP contribution is 2.21. The maximum Gasteiger partial charge on any atom is 0.291 e. The molecule has 0 bridgehead atoms. The molecule has 1 aromatic heterocycles. The van der Waals surface area contributed by atoms with Gasteiger partial charge in [0.15, 0.2) is 11.7 Å². The van der Waals surface area contributed by atoms with Gasteiger partial charge in [-0.05, 0) is 36.2 Å². The summed E-state index contributed by atoms with van der Waals surface area (Å²) in [6.07, 6.45) is 2.67. The van der Waals surface area contributed by atoms with Crippen molar-refractivity contribution in [1.29, 1.82) is 0 Å². The van der Waals surface area contributed by atoms with Gasteiger partial charge in [0.25, 0.3) is 5.91 Å². The number of furan rings is 1. The van der Waals surface area contributed by atoms with Crippen LogP contribution in [0.1, 0.15) is 29.5 Å². The van der Waals surface area contributed by atoms with Gasteiger partial charge in [0, 0.05) is 43.4 Å². The number of anilines is 1. The van der Waals surface area contributed by atoms with E-state index in [0.717, 1.165) is 36.1 Å². The number of amides is 1. The first-order valence-corrected chi connectivity index (χ1v) is 10.3. The highest BCUT2D eigenvalue weighted by atomic mass is 127. The van der Waals surface area contributed by atoms with E-state index in [1.165, 1.54) is 12.7 Å². The fourth-order valence-electron chi connectivity index (χ4n) is 3.03. The summed E-state index contributed by atoms with van der Waals surface area (Å²) >= 11 is 2.04. The zero-order valence-corrected chi connectivity index (χ0v) is 19.3. The molecule has 1 aliphatic heterocycles. The Bertz CT molecular complexity index is 782. The number of thioether (sulfide) groups is 1. The summed E-state index contributed by atoms with van der Waals surface area (Å²) in [6.45, 7) is 4.93. The molecule has 1 saturated heterocycles. The highest BCUT2D eigenvalue weighted by Gasteiger charge is 2.21. The predicted octanol–water partition coefficient (Wildman–Crippen LogP) is 4.05. The second-order valence-electron chi connectivity index (χ2n) is 6.38. The molecule has 1 unspecified atom stereocenters. The van der Waals surface area contributed by atoms with Crippen molar-refractivity contribution >= 4 is 53.3 Å². The van der Waals surface area contributed by atoms with Crippen LogP contribution < -0.4 is 10.6 Å². The number of benzene rings is 1. The first kappa shape index (κ1) is 22.6. The number of carbonyl (C=O) groups excluding carboxylic acids is 1. The summed E-state index contributed by atoms with van der Waals surface area (Å²) in [5.41, 5.74) is 1.82. The third-order valence-electron chi connectivity index (χ3n) is 4.49. The largest absolute Gasteiger partial charge is 0.459 e. The molecule has 1 fully saturated rings. The van der Waals surface area contributed by atoms with E-state index in [-0.39, 0.29) is 29.9 Å². The molecule has 3 rings (SSSR count). The van der Waals surface area contributed by atoms with Gasteiger partial charge >= 0.3 is 0 Å². The Morgan fingerprint density at radius 3 is 2.93 bits per heavy atom. The van der Waals surface area contributed by atoms with Crippen molar-refractivity contribution in [2.75, 3.05) is 31.2 Å². The summed E-state index contributed by atoms with van der Waals surface area (Å²) in [6, 6.07) is 11.1. The quantitative estimate of drug-likeness (QED) is 0.358. The summed E-state index contributed by atoms with van der Waals surface area (Å²) < 4.78 is 5.13. The Morgan fingerprint density at radius 1 is 1.36 bits per heavy atom. The van der Waals surface area contributed by atoms with Crippen LogP contribution in [0.15, 0.2) is 52.1 Å². The molecule has 8 heteroatoms. The van der Waals surface area contributed by atoms with Gasteiger partial charge in [-0.2, -0.15) is 11.8 Å². The van der Waals surface area contributed by atoms with E-state index in [0.29, 0.717) is 17.6 Å². The van der Waals surface area contributed by atoms with Gasteiger partial charge in [-0.3, -0.25) is 9.79 Å². The minimum Gasteiger partial charge on any atom is -0.459 e. The smallest absolute Gasteiger partial charge is 0.291 e. The van der Waals surface area contributed by atoms with Crippen molar-refractivity contribution < 1.29 is 9.21 Å². The topological polar surface area (TPSA) is 69.9 Å². The molecule has 2 N–H and O–H groups in total. The van der Waals surface area contributed by atoms with Gasteiger partial charge in [0.05, 0.1) is 6.26 Å². The van der Waals surface area contributed by atoms with Crippen molar-refractivity contribution in [1.82, 2.24) is 10.2 Å². The predicted molar refractivity (Wildman–Crippen MR) is 127 cm³/mol. The molecule has 1 amide bonds. The Balaban J connectivity index is 0.00000280. The molecule has 2 heterocycles. The lowest BCUT2D eigenvalue weighted by atomic mass is 10.2. The van der Waals surface area contributed by atoms with Gasteiger partial charge in [-0.25, -0.2) is 0 Å². The number of aliphatic imine (C=N–C) groups is 1. The average Bonchev–Trinajstić information content (AvgIpc) is 3.24. The number of carbonyl (C=O) groups is 1. The molecule has 0 spiro atoms. The average molecular weight is 514 g/mol. The van der Waals surface area contributed by atoms with Gasteiger partial charge in [-0.1, -0.05) is 19.1 Å². The summed E-state index contributed by atoms with van der Waals surface area (Å²) in [5, 5.41) is 6.97. The Morgan fingerprint density at radius 2 is 2.21 bits per heavy atom. The SMILES string of the molecule is CCC1CN(C(=NC)NCc2cccc(NC(=O)c3ccco3)c2)CCS1.I. The van der Waals surface area contributed by atoms with Crippen molar-refractivity contribution in [2.45, 2.75) is 25.1 Å². The zero-order valence-electron chi connectivity index (χ0n) is 16.2.